The Kier molecular flexibility index (Phi) is 5.83. The maximum atomic E-state index is 14.0. The van der Waals surface area contributed by atoms with E-state index in [4.69, 9.17) is 11.6 Å². The number of benzene rings is 4. The molecule has 0 amide bonds. The monoisotopic (exact) mass is 473 g/mol. The zero-order valence-electron chi connectivity index (χ0n) is 18.2. The van der Waals surface area contributed by atoms with E-state index in [0.717, 1.165) is 27.8 Å². The Morgan fingerprint density at radius 2 is 1.33 bits per heavy atom. The van der Waals surface area contributed by atoms with Crippen molar-refractivity contribution in [3.8, 4) is 0 Å². The van der Waals surface area contributed by atoms with Crippen LogP contribution in [-0.4, -0.2) is 19.3 Å². The molecule has 0 aromatic heterocycles. The SMILES string of the molecule is Cc1ccc(S(=O)(=O)N2C[C@@H](c3ccccc3)c3ccccc3[C@H]2c2ccc(Cl)cc2)cc1. The van der Waals surface area contributed by atoms with Crippen molar-refractivity contribution in [2.75, 3.05) is 6.54 Å². The van der Waals surface area contributed by atoms with E-state index in [9.17, 15) is 8.42 Å². The van der Waals surface area contributed by atoms with E-state index in [2.05, 4.69) is 18.2 Å². The van der Waals surface area contributed by atoms with Crippen molar-refractivity contribution in [3.05, 3.63) is 136 Å². The summed E-state index contributed by atoms with van der Waals surface area (Å²) in [6.45, 7) is 2.31. The second-order valence-electron chi connectivity index (χ2n) is 8.43. The molecule has 1 aliphatic rings. The highest BCUT2D eigenvalue weighted by Gasteiger charge is 2.41. The molecule has 1 aliphatic heterocycles. The molecule has 5 heteroatoms. The lowest BCUT2D eigenvalue weighted by molar-refractivity contribution is 0.327. The number of rotatable bonds is 4. The van der Waals surface area contributed by atoms with Gasteiger partial charge >= 0.3 is 0 Å². The van der Waals surface area contributed by atoms with Gasteiger partial charge in [-0.1, -0.05) is 96.0 Å². The second-order valence-corrected chi connectivity index (χ2v) is 10.8. The van der Waals surface area contributed by atoms with Crippen LogP contribution in [0.15, 0.2) is 108 Å². The minimum absolute atomic E-state index is 0.0637. The number of halogens is 1. The van der Waals surface area contributed by atoms with E-state index in [0.29, 0.717) is 16.5 Å². The maximum Gasteiger partial charge on any atom is 0.243 e. The summed E-state index contributed by atoms with van der Waals surface area (Å²) in [5.41, 5.74) is 5.17. The van der Waals surface area contributed by atoms with Gasteiger partial charge in [-0.3, -0.25) is 0 Å². The van der Waals surface area contributed by atoms with Gasteiger partial charge in [-0.15, -0.1) is 0 Å². The van der Waals surface area contributed by atoms with Crippen molar-refractivity contribution < 1.29 is 8.42 Å². The molecule has 4 aromatic carbocycles. The molecule has 0 bridgehead atoms. The Morgan fingerprint density at radius 3 is 2.00 bits per heavy atom. The number of sulfonamides is 1. The van der Waals surface area contributed by atoms with Crippen LogP contribution in [0.1, 0.15) is 39.8 Å². The Hall–Kier alpha value is -2.92. The molecule has 0 spiro atoms. The average Bonchev–Trinajstić information content (AvgIpc) is 2.84. The number of aryl methyl sites for hydroxylation is 1. The number of fused-ring (bicyclic) bond motifs is 1. The van der Waals surface area contributed by atoms with Gasteiger partial charge in [0.1, 0.15) is 0 Å². The van der Waals surface area contributed by atoms with E-state index in [1.165, 1.54) is 0 Å². The van der Waals surface area contributed by atoms with Gasteiger partial charge in [-0.25, -0.2) is 8.42 Å². The molecule has 5 rings (SSSR count). The van der Waals surface area contributed by atoms with E-state index in [1.54, 1.807) is 16.4 Å². The summed E-state index contributed by atoms with van der Waals surface area (Å²) in [6, 6.07) is 32.4. The summed E-state index contributed by atoms with van der Waals surface area (Å²) in [6.07, 6.45) is 0. The molecule has 33 heavy (non-hydrogen) atoms. The van der Waals surface area contributed by atoms with Gasteiger partial charge in [0.2, 0.25) is 10.0 Å². The lowest BCUT2D eigenvalue weighted by atomic mass is 9.81. The standard InChI is InChI=1S/C28H24ClNO2S/c1-20-11-17-24(18-12-20)33(31,32)30-19-27(21-7-3-2-4-8-21)25-9-5-6-10-26(25)28(30)22-13-15-23(29)16-14-22/h2-18,27-28H,19H2,1H3/t27-,28+/m0/s1. The van der Waals surface area contributed by atoms with Gasteiger partial charge in [0.25, 0.3) is 0 Å². The average molecular weight is 474 g/mol. The fraction of sp³-hybridized carbons (Fsp3) is 0.143. The van der Waals surface area contributed by atoms with Crippen molar-refractivity contribution in [1.82, 2.24) is 4.31 Å². The van der Waals surface area contributed by atoms with Gasteiger partial charge in [-0.05, 0) is 53.4 Å². The van der Waals surface area contributed by atoms with Crippen LogP contribution in [0, 0.1) is 6.92 Å². The van der Waals surface area contributed by atoms with Gasteiger partial charge in [-0.2, -0.15) is 4.31 Å². The highest BCUT2D eigenvalue weighted by Crippen LogP contribution is 2.45. The quantitative estimate of drug-likeness (QED) is 0.336. The van der Waals surface area contributed by atoms with Gasteiger partial charge in [0, 0.05) is 17.5 Å². The maximum absolute atomic E-state index is 14.0. The first-order chi connectivity index (χ1) is 15.9. The smallest absolute Gasteiger partial charge is 0.207 e. The predicted octanol–water partition coefficient (Wildman–Crippen LogP) is 6.57. The Morgan fingerprint density at radius 1 is 0.727 bits per heavy atom. The summed E-state index contributed by atoms with van der Waals surface area (Å²) in [5.74, 6) is -0.0637. The van der Waals surface area contributed by atoms with Crippen LogP contribution in [0.4, 0.5) is 0 Å². The Balaban J connectivity index is 1.72. The van der Waals surface area contributed by atoms with Gasteiger partial charge in [0.05, 0.1) is 10.9 Å². The largest absolute Gasteiger partial charge is 0.243 e. The zero-order valence-corrected chi connectivity index (χ0v) is 19.8. The molecule has 0 radical (unpaired) electrons. The van der Waals surface area contributed by atoms with E-state index in [-0.39, 0.29) is 5.92 Å². The fourth-order valence-corrected chi connectivity index (χ4v) is 6.39. The fourth-order valence-electron chi connectivity index (χ4n) is 4.66. The minimum Gasteiger partial charge on any atom is -0.207 e. The lowest BCUT2D eigenvalue weighted by Crippen LogP contribution is -2.42. The van der Waals surface area contributed by atoms with Gasteiger partial charge in [0.15, 0.2) is 0 Å². The summed E-state index contributed by atoms with van der Waals surface area (Å²) in [7, 11) is -3.77. The van der Waals surface area contributed by atoms with Crippen LogP contribution in [0.25, 0.3) is 0 Å². The van der Waals surface area contributed by atoms with E-state index >= 15 is 0 Å². The third-order valence-corrected chi connectivity index (χ3v) is 8.43. The molecular weight excluding hydrogens is 450 g/mol. The Bertz CT molecular complexity index is 1370. The molecule has 0 unspecified atom stereocenters. The molecule has 0 N–H and O–H groups in total. The highest BCUT2D eigenvalue weighted by molar-refractivity contribution is 7.89. The summed E-state index contributed by atoms with van der Waals surface area (Å²) in [5, 5.41) is 0.623. The molecule has 2 atom stereocenters. The van der Waals surface area contributed by atoms with Crippen LogP contribution in [-0.2, 0) is 10.0 Å². The first-order valence-electron chi connectivity index (χ1n) is 10.9. The molecular formula is C28H24ClNO2S. The number of hydrogen-bond acceptors (Lipinski definition) is 2. The molecule has 4 aromatic rings. The van der Waals surface area contributed by atoms with Crippen LogP contribution >= 0.6 is 11.6 Å². The minimum atomic E-state index is -3.77. The molecule has 3 nitrogen and oxygen atoms in total. The van der Waals surface area contributed by atoms with Crippen LogP contribution in [0.5, 0.6) is 0 Å². The third-order valence-electron chi connectivity index (χ3n) is 6.33. The third kappa shape index (κ3) is 4.10. The summed E-state index contributed by atoms with van der Waals surface area (Å²) < 4.78 is 29.7. The molecule has 0 saturated heterocycles. The van der Waals surface area contributed by atoms with Crippen LogP contribution in [0.3, 0.4) is 0 Å². The number of nitrogens with zero attached hydrogens (tertiary/aromatic N) is 1. The molecule has 0 saturated carbocycles. The van der Waals surface area contributed by atoms with Crippen molar-refractivity contribution in [3.63, 3.8) is 0 Å². The topological polar surface area (TPSA) is 37.4 Å². The van der Waals surface area contributed by atoms with Crippen LogP contribution < -0.4 is 0 Å². The summed E-state index contributed by atoms with van der Waals surface area (Å²) in [4.78, 5) is 0.304. The molecule has 166 valence electrons. The van der Waals surface area contributed by atoms with Crippen molar-refractivity contribution in [2.24, 2.45) is 0 Å². The predicted molar refractivity (Wildman–Crippen MR) is 133 cm³/mol. The zero-order chi connectivity index (χ0) is 23.0. The number of hydrogen-bond donors (Lipinski definition) is 0. The molecule has 0 aliphatic carbocycles. The van der Waals surface area contributed by atoms with E-state index < -0.39 is 16.1 Å². The van der Waals surface area contributed by atoms with Gasteiger partial charge < -0.3 is 0 Å². The first kappa shape index (κ1) is 21.9. The molecule has 0 fully saturated rings. The Labute approximate surface area is 200 Å². The first-order valence-corrected chi connectivity index (χ1v) is 12.7. The lowest BCUT2D eigenvalue weighted by Gasteiger charge is -2.41. The van der Waals surface area contributed by atoms with Crippen molar-refractivity contribution in [2.45, 2.75) is 23.8 Å². The normalized spacial score (nSPS) is 18.6. The second kappa shape index (κ2) is 8.79. The van der Waals surface area contributed by atoms with Crippen molar-refractivity contribution in [1.29, 1.82) is 0 Å². The highest BCUT2D eigenvalue weighted by atomic mass is 35.5. The summed E-state index contributed by atoms with van der Waals surface area (Å²) >= 11 is 6.16. The molecule has 1 heterocycles. The van der Waals surface area contributed by atoms with Crippen molar-refractivity contribution >= 4 is 21.6 Å². The van der Waals surface area contributed by atoms with Crippen LogP contribution in [0.2, 0.25) is 5.02 Å². The van der Waals surface area contributed by atoms with E-state index in [1.807, 2.05) is 79.7 Å².